The summed E-state index contributed by atoms with van der Waals surface area (Å²) >= 11 is 0. The molecule has 0 aliphatic carbocycles. The van der Waals surface area contributed by atoms with Crippen LogP contribution in [-0.4, -0.2) is 27.2 Å². The second kappa shape index (κ2) is 31.9. The molecule has 0 aromatic rings. The molecule has 0 fully saturated rings. The predicted octanol–water partition coefficient (Wildman–Crippen LogP) is 2.17. The van der Waals surface area contributed by atoms with Gasteiger partial charge >= 0.3 is 0 Å². The zero-order valence-electron chi connectivity index (χ0n) is 7.22. The summed E-state index contributed by atoms with van der Waals surface area (Å²) in [6, 6.07) is 0. The van der Waals surface area contributed by atoms with Crippen molar-refractivity contribution in [3.8, 4) is 0 Å². The summed E-state index contributed by atoms with van der Waals surface area (Å²) in [5, 5.41) is 7.47. The average molecular weight is 280 g/mol. The quantitative estimate of drug-likeness (QED) is 0.742. The molecular formula is C6H17FN2Nd-2. The molecule has 64 valence electrons. The SMILES string of the molecule is CC[N-]C.CC[N-]C.F.[Nd]. The minimum Gasteiger partial charge on any atom is -0.665 e. The van der Waals surface area contributed by atoms with Crippen LogP contribution < -0.4 is 0 Å². The fraction of sp³-hybridized carbons (Fsp3) is 1.00. The summed E-state index contributed by atoms with van der Waals surface area (Å²) in [6.45, 7) is 5.92. The van der Waals surface area contributed by atoms with Gasteiger partial charge in [-0.15, -0.1) is 0 Å². The number of halogens is 1. The van der Waals surface area contributed by atoms with Gasteiger partial charge in [0.15, 0.2) is 0 Å². The summed E-state index contributed by atoms with van der Waals surface area (Å²) < 4.78 is 0. The third-order valence-electron chi connectivity index (χ3n) is 0.632. The van der Waals surface area contributed by atoms with Crippen molar-refractivity contribution >= 4 is 0 Å². The van der Waals surface area contributed by atoms with Gasteiger partial charge in [-0.25, -0.2) is 0 Å². The molecule has 4 heteroatoms. The standard InChI is InChI=1S/2C3H8N.FH.Nd/c2*1-3-4-2;;/h2*3H2,1-2H3;1H;/q2*-1;;. The van der Waals surface area contributed by atoms with E-state index in [0.717, 1.165) is 13.1 Å². The average Bonchev–Trinajstić information content (AvgIpc) is 1.88. The van der Waals surface area contributed by atoms with E-state index in [-0.39, 0.29) is 45.5 Å². The van der Waals surface area contributed by atoms with E-state index in [1.54, 1.807) is 14.1 Å². The van der Waals surface area contributed by atoms with Gasteiger partial charge in [0.1, 0.15) is 0 Å². The Balaban J connectivity index is -0.0000000300. The molecule has 0 unspecified atom stereocenters. The normalized spacial score (nSPS) is 6.00. The maximum atomic E-state index is 3.74. The summed E-state index contributed by atoms with van der Waals surface area (Å²) in [5.74, 6) is 0. The molecule has 0 aromatic carbocycles. The van der Waals surface area contributed by atoms with Crippen molar-refractivity contribution in [3.05, 3.63) is 10.6 Å². The second-order valence-corrected chi connectivity index (χ2v) is 1.26. The first-order valence-electron chi connectivity index (χ1n) is 2.94. The van der Waals surface area contributed by atoms with Crippen molar-refractivity contribution in [1.82, 2.24) is 0 Å². The van der Waals surface area contributed by atoms with E-state index in [1.165, 1.54) is 0 Å². The maximum Gasteiger partial charge on any atom is 0 e. The van der Waals surface area contributed by atoms with Crippen molar-refractivity contribution in [2.75, 3.05) is 27.2 Å². The Kier molecular flexibility index (Phi) is 71.8. The fourth-order valence-electron chi connectivity index (χ4n) is 0. The van der Waals surface area contributed by atoms with E-state index in [0.29, 0.717) is 0 Å². The monoisotopic (exact) mass is 278 g/mol. The Hall–Kier alpha value is 1.20. The van der Waals surface area contributed by atoms with Gasteiger partial charge in [0.25, 0.3) is 0 Å². The van der Waals surface area contributed by atoms with Crippen molar-refractivity contribution < 1.29 is 45.5 Å². The third-order valence-corrected chi connectivity index (χ3v) is 0.632. The Morgan fingerprint density at radius 1 is 0.900 bits per heavy atom. The van der Waals surface area contributed by atoms with Crippen molar-refractivity contribution in [2.24, 2.45) is 0 Å². The van der Waals surface area contributed by atoms with Crippen molar-refractivity contribution in [2.45, 2.75) is 13.8 Å². The zero-order chi connectivity index (χ0) is 6.83. The number of rotatable bonds is 2. The van der Waals surface area contributed by atoms with Crippen LogP contribution in [0.3, 0.4) is 0 Å². The molecule has 0 spiro atoms. The van der Waals surface area contributed by atoms with E-state index < -0.39 is 0 Å². The van der Waals surface area contributed by atoms with Crippen LogP contribution in [0.1, 0.15) is 13.8 Å². The van der Waals surface area contributed by atoms with Crippen molar-refractivity contribution in [1.29, 1.82) is 0 Å². The van der Waals surface area contributed by atoms with Gasteiger partial charge in [-0.05, 0) is 0 Å². The molecule has 0 amide bonds. The van der Waals surface area contributed by atoms with Crippen LogP contribution >= 0.6 is 0 Å². The minimum atomic E-state index is 0. The molecule has 0 aromatic heterocycles. The minimum absolute atomic E-state index is 0. The second-order valence-electron chi connectivity index (χ2n) is 1.26. The molecule has 0 bridgehead atoms. The van der Waals surface area contributed by atoms with E-state index in [9.17, 15) is 0 Å². The summed E-state index contributed by atoms with van der Waals surface area (Å²) in [5.41, 5.74) is 0. The molecule has 0 N–H and O–H groups in total. The Morgan fingerprint density at radius 3 is 1.00 bits per heavy atom. The van der Waals surface area contributed by atoms with Crippen LogP contribution in [0, 0.1) is 40.8 Å². The number of nitrogens with zero attached hydrogens (tertiary/aromatic N) is 2. The molecule has 10 heavy (non-hydrogen) atoms. The zero-order valence-corrected chi connectivity index (χ0v) is 10.4. The molecule has 0 saturated heterocycles. The van der Waals surface area contributed by atoms with Gasteiger partial charge in [0.05, 0.1) is 0 Å². The first kappa shape index (κ1) is 22.5. The van der Waals surface area contributed by atoms with Crippen LogP contribution in [0.25, 0.3) is 10.6 Å². The van der Waals surface area contributed by atoms with E-state index >= 15 is 0 Å². The Morgan fingerprint density at radius 2 is 1.00 bits per heavy atom. The predicted molar refractivity (Wildman–Crippen MR) is 42.2 cm³/mol. The van der Waals surface area contributed by atoms with Crippen LogP contribution in [-0.2, 0) is 0 Å². The van der Waals surface area contributed by atoms with Crippen LogP contribution in [0.2, 0.25) is 0 Å². The molecule has 0 heterocycles. The van der Waals surface area contributed by atoms with Crippen LogP contribution in [0.4, 0.5) is 4.70 Å². The molecule has 0 atom stereocenters. The number of hydrogen-bond donors (Lipinski definition) is 0. The van der Waals surface area contributed by atoms with Gasteiger partial charge in [0, 0.05) is 40.8 Å². The van der Waals surface area contributed by atoms with Crippen LogP contribution in [0.15, 0.2) is 0 Å². The number of hydrogen-bond acceptors (Lipinski definition) is 0. The van der Waals surface area contributed by atoms with E-state index in [4.69, 9.17) is 0 Å². The first-order chi connectivity index (χ1) is 3.83. The fourth-order valence-corrected chi connectivity index (χ4v) is 0. The van der Waals surface area contributed by atoms with Crippen LogP contribution in [0.5, 0.6) is 0 Å². The summed E-state index contributed by atoms with van der Waals surface area (Å²) in [4.78, 5) is 0. The first-order valence-corrected chi connectivity index (χ1v) is 2.94. The molecular weight excluding hydrogens is 263 g/mol. The van der Waals surface area contributed by atoms with Gasteiger partial charge in [-0.3, -0.25) is 4.70 Å². The smallest absolute Gasteiger partial charge is 0 e. The maximum absolute atomic E-state index is 3.74. The third kappa shape index (κ3) is 60.4. The molecule has 0 rings (SSSR count). The van der Waals surface area contributed by atoms with E-state index in [2.05, 4.69) is 10.6 Å². The molecule has 0 radical (unpaired) electrons. The molecule has 0 saturated carbocycles. The van der Waals surface area contributed by atoms with Gasteiger partial charge in [-0.2, -0.15) is 27.2 Å². The summed E-state index contributed by atoms with van der Waals surface area (Å²) in [7, 11) is 3.61. The summed E-state index contributed by atoms with van der Waals surface area (Å²) in [6.07, 6.45) is 0. The van der Waals surface area contributed by atoms with Crippen molar-refractivity contribution in [3.63, 3.8) is 0 Å². The molecule has 0 aliphatic rings. The van der Waals surface area contributed by atoms with Gasteiger partial charge < -0.3 is 10.6 Å². The Labute approximate surface area is 96.4 Å². The Bertz CT molecular complexity index is 23.7. The topological polar surface area (TPSA) is 28.2 Å². The molecule has 0 aliphatic heterocycles. The van der Waals surface area contributed by atoms with Gasteiger partial charge in [0.2, 0.25) is 0 Å². The van der Waals surface area contributed by atoms with E-state index in [1.807, 2.05) is 13.8 Å². The molecule has 2 nitrogen and oxygen atoms in total. The van der Waals surface area contributed by atoms with Gasteiger partial charge in [-0.1, -0.05) is 13.8 Å². The largest absolute Gasteiger partial charge is 0.665 e.